The number of aromatic nitrogens is 3. The van der Waals surface area contributed by atoms with E-state index in [1.54, 1.807) is 15.9 Å². The molecule has 1 aromatic carbocycles. The molecule has 0 atom stereocenters. The summed E-state index contributed by atoms with van der Waals surface area (Å²) in [6, 6.07) is 9.31. The van der Waals surface area contributed by atoms with Gasteiger partial charge in [0.25, 0.3) is 0 Å². The minimum Gasteiger partial charge on any atom is -0.481 e. The number of aliphatic carboxylic acids is 1. The van der Waals surface area contributed by atoms with Crippen molar-refractivity contribution in [2.75, 3.05) is 13.1 Å². The average Bonchev–Trinajstić information content (AvgIpc) is 3.14. The van der Waals surface area contributed by atoms with E-state index < -0.39 is 11.4 Å². The molecule has 0 saturated carbocycles. The van der Waals surface area contributed by atoms with Gasteiger partial charge in [0.05, 0.1) is 12.0 Å². The maximum absolute atomic E-state index is 12.3. The molecule has 1 N–H and O–H groups in total. The van der Waals surface area contributed by atoms with Gasteiger partial charge < -0.3 is 10.0 Å². The summed E-state index contributed by atoms with van der Waals surface area (Å²) in [6.07, 6.45) is 4.22. The summed E-state index contributed by atoms with van der Waals surface area (Å²) in [6.45, 7) is 1.40. The third-order valence-corrected chi connectivity index (χ3v) is 4.73. The van der Waals surface area contributed by atoms with Crippen LogP contribution in [0.2, 0.25) is 0 Å². The Labute approximate surface area is 139 Å². The lowest BCUT2D eigenvalue weighted by molar-refractivity contribution is -0.148. The van der Waals surface area contributed by atoms with E-state index in [0.29, 0.717) is 38.9 Å². The highest BCUT2D eigenvalue weighted by Gasteiger charge is 2.43. The highest BCUT2D eigenvalue weighted by molar-refractivity contribution is 5.82. The molecule has 0 aliphatic carbocycles. The summed E-state index contributed by atoms with van der Waals surface area (Å²) in [5, 5.41) is 13.7. The summed E-state index contributed by atoms with van der Waals surface area (Å²) in [7, 11) is 0. The number of piperidine rings is 1. The number of likely N-dealkylation sites (tertiary alicyclic amines) is 1. The van der Waals surface area contributed by atoms with E-state index in [0.717, 1.165) is 5.56 Å². The number of benzene rings is 1. The third kappa shape index (κ3) is 3.15. The molecule has 7 nitrogen and oxygen atoms in total. The van der Waals surface area contributed by atoms with Crippen molar-refractivity contribution in [3.8, 4) is 0 Å². The molecular formula is C17H20N4O3. The van der Waals surface area contributed by atoms with Crippen LogP contribution >= 0.6 is 0 Å². The number of aryl methyl sites for hydroxylation is 1. The molecule has 1 aromatic heterocycles. The Morgan fingerprint density at radius 2 is 1.88 bits per heavy atom. The Kier molecular flexibility index (Phi) is 4.59. The molecule has 1 fully saturated rings. The van der Waals surface area contributed by atoms with Crippen molar-refractivity contribution >= 4 is 11.9 Å². The van der Waals surface area contributed by atoms with Crippen molar-refractivity contribution in [2.24, 2.45) is 0 Å². The second kappa shape index (κ2) is 6.82. The van der Waals surface area contributed by atoms with Gasteiger partial charge in [-0.1, -0.05) is 30.3 Å². The molecule has 0 unspecified atom stereocenters. The summed E-state index contributed by atoms with van der Waals surface area (Å²) >= 11 is 0. The van der Waals surface area contributed by atoms with Crippen molar-refractivity contribution in [3.05, 3.63) is 48.5 Å². The van der Waals surface area contributed by atoms with Crippen LogP contribution in [0.4, 0.5) is 0 Å². The van der Waals surface area contributed by atoms with Crippen LogP contribution in [0, 0.1) is 0 Å². The molecule has 3 rings (SSSR count). The first-order valence-corrected chi connectivity index (χ1v) is 8.01. The minimum atomic E-state index is -0.899. The molecule has 126 valence electrons. The summed E-state index contributed by atoms with van der Waals surface area (Å²) in [5.74, 6) is -0.791. The molecule has 0 bridgehead atoms. The second-order valence-electron chi connectivity index (χ2n) is 6.04. The molecule has 1 aliphatic heterocycles. The fourth-order valence-corrected chi connectivity index (χ4v) is 3.24. The number of hydrogen-bond acceptors (Lipinski definition) is 4. The topological polar surface area (TPSA) is 88.3 Å². The molecule has 0 spiro atoms. The van der Waals surface area contributed by atoms with Gasteiger partial charge in [-0.15, -0.1) is 0 Å². The molecule has 2 aromatic rings. The monoisotopic (exact) mass is 328 g/mol. The van der Waals surface area contributed by atoms with Gasteiger partial charge >= 0.3 is 5.97 Å². The van der Waals surface area contributed by atoms with Crippen LogP contribution in [0.3, 0.4) is 0 Å². The fraction of sp³-hybridized carbons (Fsp3) is 0.412. The highest BCUT2D eigenvalue weighted by Crippen LogP contribution is 2.36. The van der Waals surface area contributed by atoms with Gasteiger partial charge in [0.1, 0.15) is 12.7 Å². The van der Waals surface area contributed by atoms with Crippen molar-refractivity contribution in [1.82, 2.24) is 19.7 Å². The molecule has 1 amide bonds. The zero-order valence-electron chi connectivity index (χ0n) is 13.3. The minimum absolute atomic E-state index is 0.0255. The molecule has 7 heteroatoms. The van der Waals surface area contributed by atoms with Crippen molar-refractivity contribution < 1.29 is 14.7 Å². The predicted molar refractivity (Wildman–Crippen MR) is 86.2 cm³/mol. The Morgan fingerprint density at radius 3 is 2.46 bits per heavy atom. The Balaban J connectivity index is 1.63. The van der Waals surface area contributed by atoms with Gasteiger partial charge in [-0.25, -0.2) is 4.98 Å². The van der Waals surface area contributed by atoms with Gasteiger partial charge in [-0.05, 0) is 18.4 Å². The van der Waals surface area contributed by atoms with Gasteiger partial charge in [0.2, 0.25) is 5.91 Å². The van der Waals surface area contributed by atoms with Gasteiger partial charge in [-0.3, -0.25) is 14.3 Å². The molecule has 0 radical (unpaired) electrons. The van der Waals surface area contributed by atoms with E-state index >= 15 is 0 Å². The van der Waals surface area contributed by atoms with Crippen LogP contribution in [0.25, 0.3) is 0 Å². The summed E-state index contributed by atoms with van der Waals surface area (Å²) in [4.78, 5) is 29.8. The smallest absolute Gasteiger partial charge is 0.314 e. The lowest BCUT2D eigenvalue weighted by Crippen LogP contribution is -2.49. The Hall–Kier alpha value is -2.70. The number of carbonyl (C=O) groups is 2. The normalized spacial score (nSPS) is 16.8. The Morgan fingerprint density at radius 1 is 1.17 bits per heavy atom. The molecule has 1 aliphatic rings. The lowest BCUT2D eigenvalue weighted by atomic mass is 9.73. The number of hydrogen-bond donors (Lipinski definition) is 1. The zero-order chi connectivity index (χ0) is 17.0. The van der Waals surface area contributed by atoms with E-state index in [1.807, 2.05) is 30.3 Å². The molecule has 1 saturated heterocycles. The zero-order valence-corrected chi connectivity index (χ0v) is 13.3. The van der Waals surface area contributed by atoms with Crippen LogP contribution in [0.5, 0.6) is 0 Å². The SMILES string of the molecule is O=C(CCn1cncn1)N1CCC(C(=O)O)(c2ccccc2)CC1. The number of nitrogens with zero attached hydrogens (tertiary/aromatic N) is 4. The standard InChI is InChI=1S/C17H20N4O3/c22-15(6-9-21-13-18-12-19-21)20-10-7-17(8-11-20,16(23)24)14-4-2-1-3-5-14/h1-5,12-13H,6-11H2,(H,23,24). The first-order chi connectivity index (χ1) is 11.6. The van der Waals surface area contributed by atoms with E-state index in [-0.39, 0.29) is 5.91 Å². The number of carbonyl (C=O) groups excluding carboxylic acids is 1. The number of rotatable bonds is 5. The van der Waals surface area contributed by atoms with Crippen LogP contribution in [0.15, 0.2) is 43.0 Å². The Bertz CT molecular complexity index is 692. The highest BCUT2D eigenvalue weighted by atomic mass is 16.4. The van der Waals surface area contributed by atoms with E-state index in [1.165, 1.54) is 6.33 Å². The van der Waals surface area contributed by atoms with Crippen LogP contribution in [-0.2, 0) is 21.5 Å². The second-order valence-corrected chi connectivity index (χ2v) is 6.04. The van der Waals surface area contributed by atoms with E-state index in [4.69, 9.17) is 0 Å². The largest absolute Gasteiger partial charge is 0.481 e. The van der Waals surface area contributed by atoms with Crippen molar-refractivity contribution in [3.63, 3.8) is 0 Å². The van der Waals surface area contributed by atoms with E-state index in [2.05, 4.69) is 10.1 Å². The third-order valence-electron chi connectivity index (χ3n) is 4.73. The van der Waals surface area contributed by atoms with Crippen LogP contribution < -0.4 is 0 Å². The summed E-state index contributed by atoms with van der Waals surface area (Å²) in [5.41, 5.74) is -0.0866. The number of carboxylic acids is 1. The number of amides is 1. The van der Waals surface area contributed by atoms with Gasteiger partial charge in [-0.2, -0.15) is 5.10 Å². The first-order valence-electron chi connectivity index (χ1n) is 8.01. The van der Waals surface area contributed by atoms with Crippen molar-refractivity contribution in [2.45, 2.75) is 31.2 Å². The molecule has 2 heterocycles. The maximum atomic E-state index is 12.3. The van der Waals surface area contributed by atoms with Crippen LogP contribution in [-0.4, -0.2) is 49.7 Å². The van der Waals surface area contributed by atoms with Crippen LogP contribution in [0.1, 0.15) is 24.8 Å². The van der Waals surface area contributed by atoms with Gasteiger partial charge in [0, 0.05) is 19.5 Å². The quantitative estimate of drug-likeness (QED) is 0.894. The molecule has 24 heavy (non-hydrogen) atoms. The predicted octanol–water partition coefficient (Wildman–Crippen LogP) is 1.31. The van der Waals surface area contributed by atoms with Crippen molar-refractivity contribution in [1.29, 1.82) is 0 Å². The van der Waals surface area contributed by atoms with E-state index in [9.17, 15) is 14.7 Å². The maximum Gasteiger partial charge on any atom is 0.314 e. The summed E-state index contributed by atoms with van der Waals surface area (Å²) < 4.78 is 1.62. The molecular weight excluding hydrogens is 308 g/mol. The van der Waals surface area contributed by atoms with Gasteiger partial charge in [0.15, 0.2) is 0 Å². The number of carboxylic acid groups (broad SMARTS) is 1. The fourth-order valence-electron chi connectivity index (χ4n) is 3.24. The first kappa shape index (κ1) is 16.2. The average molecular weight is 328 g/mol. The lowest BCUT2D eigenvalue weighted by Gasteiger charge is -2.39.